The van der Waals surface area contributed by atoms with E-state index in [9.17, 15) is 9.59 Å². The van der Waals surface area contributed by atoms with Crippen LogP contribution in [-0.4, -0.2) is 36.9 Å². The van der Waals surface area contributed by atoms with E-state index < -0.39 is 0 Å². The number of carbonyl (C=O) groups excluding carboxylic acids is 2. The summed E-state index contributed by atoms with van der Waals surface area (Å²) in [5.41, 5.74) is 1.30. The quantitative estimate of drug-likeness (QED) is 0.839. The highest BCUT2D eigenvalue weighted by Gasteiger charge is 2.25. The number of nitrogens with one attached hydrogen (secondary N) is 1. The number of amides is 2. The fourth-order valence-electron chi connectivity index (χ4n) is 1.99. The molecule has 1 aromatic rings. The summed E-state index contributed by atoms with van der Waals surface area (Å²) in [7, 11) is 0. The van der Waals surface area contributed by atoms with Crippen molar-refractivity contribution in [3.05, 3.63) is 29.8 Å². The lowest BCUT2D eigenvalue weighted by atomic mass is 10.1. The lowest BCUT2D eigenvalue weighted by Crippen LogP contribution is -2.37. The highest BCUT2D eigenvalue weighted by molar-refractivity contribution is 7.98. The Hall–Kier alpha value is -1.49. The van der Waals surface area contributed by atoms with Crippen molar-refractivity contribution >= 4 is 29.3 Å². The summed E-state index contributed by atoms with van der Waals surface area (Å²) in [5, 5.41) is 2.64. The Kier molecular flexibility index (Phi) is 4.25. The van der Waals surface area contributed by atoms with Gasteiger partial charge < -0.3 is 10.2 Å². The number of hydrogen-bond donors (Lipinski definition) is 1. The van der Waals surface area contributed by atoms with Gasteiger partial charge in [-0.15, -0.1) is 0 Å². The van der Waals surface area contributed by atoms with E-state index in [2.05, 4.69) is 5.32 Å². The van der Waals surface area contributed by atoms with Crippen molar-refractivity contribution in [2.45, 2.75) is 6.42 Å². The smallest absolute Gasteiger partial charge is 0.253 e. The Morgan fingerprint density at radius 2 is 2.11 bits per heavy atom. The molecule has 0 bridgehead atoms. The average Bonchev–Trinajstić information content (AvgIpc) is 2.51. The van der Waals surface area contributed by atoms with Gasteiger partial charge in [0.25, 0.3) is 5.91 Å². The molecule has 1 N–H and O–H groups in total. The fourth-order valence-corrected chi connectivity index (χ4v) is 2.41. The van der Waals surface area contributed by atoms with E-state index in [1.807, 2.05) is 24.5 Å². The first-order valence-corrected chi connectivity index (χ1v) is 7.30. The topological polar surface area (TPSA) is 49.4 Å². The van der Waals surface area contributed by atoms with E-state index in [1.54, 1.807) is 22.7 Å². The summed E-state index contributed by atoms with van der Waals surface area (Å²) in [6, 6.07) is 7.25. The molecule has 18 heavy (non-hydrogen) atoms. The summed E-state index contributed by atoms with van der Waals surface area (Å²) in [5.74, 6) is 0.786. The lowest BCUT2D eigenvalue weighted by Gasteiger charge is -2.21. The Morgan fingerprint density at radius 1 is 1.33 bits per heavy atom. The fraction of sp³-hybridized carbons (Fsp3) is 0.385. The molecule has 5 heteroatoms. The standard InChI is InChI=1S/C13H16N2O2S/c1-18-8-4-7-15-11-6-3-2-5-10(11)13(17)14-9-12(15)16/h2-3,5-6H,4,7-9H2,1H3,(H,14,17). The number of rotatable bonds is 4. The van der Waals surface area contributed by atoms with Crippen LogP contribution in [0.25, 0.3) is 0 Å². The molecule has 2 rings (SSSR count). The molecule has 96 valence electrons. The van der Waals surface area contributed by atoms with Crippen molar-refractivity contribution < 1.29 is 9.59 Å². The molecular formula is C13H16N2O2S. The minimum Gasteiger partial charge on any atom is -0.343 e. The van der Waals surface area contributed by atoms with Gasteiger partial charge in [0.1, 0.15) is 0 Å². The van der Waals surface area contributed by atoms with E-state index >= 15 is 0 Å². The van der Waals surface area contributed by atoms with Gasteiger partial charge in [-0.05, 0) is 30.6 Å². The highest BCUT2D eigenvalue weighted by Crippen LogP contribution is 2.22. The van der Waals surface area contributed by atoms with Gasteiger partial charge in [-0.2, -0.15) is 11.8 Å². The second kappa shape index (κ2) is 5.91. The summed E-state index contributed by atoms with van der Waals surface area (Å²) in [4.78, 5) is 25.6. The molecule has 0 aliphatic carbocycles. The van der Waals surface area contributed by atoms with Crippen LogP contribution in [0.4, 0.5) is 5.69 Å². The molecule has 0 fully saturated rings. The van der Waals surface area contributed by atoms with Crippen LogP contribution in [0.3, 0.4) is 0 Å². The molecule has 0 atom stereocenters. The molecule has 4 nitrogen and oxygen atoms in total. The summed E-state index contributed by atoms with van der Waals surface area (Å²) < 4.78 is 0. The number of carbonyl (C=O) groups is 2. The predicted octanol–water partition coefficient (Wildman–Crippen LogP) is 1.52. The number of fused-ring (bicyclic) bond motifs is 1. The molecule has 1 aliphatic rings. The minimum atomic E-state index is -0.175. The third-order valence-electron chi connectivity index (χ3n) is 2.87. The first-order chi connectivity index (χ1) is 8.74. The SMILES string of the molecule is CSCCCN1C(=O)CNC(=O)c2ccccc21. The molecule has 0 saturated carbocycles. The highest BCUT2D eigenvalue weighted by atomic mass is 32.2. The average molecular weight is 264 g/mol. The third-order valence-corrected chi connectivity index (χ3v) is 3.57. The van der Waals surface area contributed by atoms with Gasteiger partial charge in [-0.1, -0.05) is 12.1 Å². The molecule has 0 aromatic heterocycles. The molecule has 1 heterocycles. The van der Waals surface area contributed by atoms with E-state index in [0.29, 0.717) is 12.1 Å². The Morgan fingerprint density at radius 3 is 2.89 bits per heavy atom. The van der Waals surface area contributed by atoms with Crippen molar-refractivity contribution in [2.24, 2.45) is 0 Å². The van der Waals surface area contributed by atoms with Crippen LogP contribution < -0.4 is 10.2 Å². The Bertz CT molecular complexity index is 462. The third kappa shape index (κ3) is 2.67. The second-order valence-electron chi connectivity index (χ2n) is 4.09. The number of anilines is 1. The van der Waals surface area contributed by atoms with Crippen LogP contribution >= 0.6 is 11.8 Å². The van der Waals surface area contributed by atoms with Gasteiger partial charge in [0.05, 0.1) is 17.8 Å². The maximum absolute atomic E-state index is 12.0. The molecule has 0 unspecified atom stereocenters. The first-order valence-electron chi connectivity index (χ1n) is 5.90. The largest absolute Gasteiger partial charge is 0.343 e. The minimum absolute atomic E-state index is 0.0468. The normalized spacial score (nSPS) is 15.1. The molecule has 1 aliphatic heterocycles. The van der Waals surface area contributed by atoms with Crippen LogP contribution in [0.1, 0.15) is 16.8 Å². The van der Waals surface area contributed by atoms with Gasteiger partial charge in [0.15, 0.2) is 0 Å². The van der Waals surface area contributed by atoms with E-state index in [4.69, 9.17) is 0 Å². The summed E-state index contributed by atoms with van der Waals surface area (Å²) in [6.45, 7) is 0.735. The Balaban J connectivity index is 2.28. The van der Waals surface area contributed by atoms with Crippen LogP contribution in [-0.2, 0) is 4.79 Å². The monoisotopic (exact) mass is 264 g/mol. The number of thioether (sulfide) groups is 1. The van der Waals surface area contributed by atoms with Crippen molar-refractivity contribution in [3.8, 4) is 0 Å². The maximum Gasteiger partial charge on any atom is 0.253 e. The van der Waals surface area contributed by atoms with Crippen molar-refractivity contribution in [2.75, 3.05) is 30.0 Å². The molecule has 0 saturated heterocycles. The molecule has 2 amide bonds. The number of nitrogens with zero attached hydrogens (tertiary/aromatic N) is 1. The zero-order valence-corrected chi connectivity index (χ0v) is 11.1. The predicted molar refractivity (Wildman–Crippen MR) is 74.1 cm³/mol. The zero-order valence-electron chi connectivity index (χ0n) is 10.3. The number of para-hydroxylation sites is 1. The van der Waals surface area contributed by atoms with Crippen LogP contribution in [0.15, 0.2) is 24.3 Å². The van der Waals surface area contributed by atoms with Gasteiger partial charge in [0.2, 0.25) is 5.91 Å². The number of benzene rings is 1. The summed E-state index contributed by atoms with van der Waals surface area (Å²) in [6.07, 6.45) is 2.97. The van der Waals surface area contributed by atoms with Gasteiger partial charge in [0, 0.05) is 6.54 Å². The van der Waals surface area contributed by atoms with Crippen molar-refractivity contribution in [3.63, 3.8) is 0 Å². The molecule has 0 spiro atoms. The molecular weight excluding hydrogens is 248 g/mol. The molecule has 0 radical (unpaired) electrons. The number of hydrogen-bond acceptors (Lipinski definition) is 3. The van der Waals surface area contributed by atoms with Gasteiger partial charge in [-0.3, -0.25) is 9.59 Å². The Labute approximate surface area is 111 Å². The van der Waals surface area contributed by atoms with Gasteiger partial charge in [-0.25, -0.2) is 0 Å². The van der Waals surface area contributed by atoms with Crippen LogP contribution in [0, 0.1) is 0 Å². The second-order valence-corrected chi connectivity index (χ2v) is 5.08. The lowest BCUT2D eigenvalue weighted by molar-refractivity contribution is -0.117. The molecule has 1 aromatic carbocycles. The van der Waals surface area contributed by atoms with Crippen molar-refractivity contribution in [1.82, 2.24) is 5.32 Å². The first kappa shape index (κ1) is 13.0. The summed E-state index contributed by atoms with van der Waals surface area (Å²) >= 11 is 1.76. The van der Waals surface area contributed by atoms with Crippen molar-refractivity contribution in [1.29, 1.82) is 0 Å². The van der Waals surface area contributed by atoms with E-state index in [1.165, 1.54) is 0 Å². The van der Waals surface area contributed by atoms with E-state index in [-0.39, 0.29) is 18.4 Å². The van der Waals surface area contributed by atoms with Crippen LogP contribution in [0.5, 0.6) is 0 Å². The van der Waals surface area contributed by atoms with Gasteiger partial charge >= 0.3 is 0 Å². The van der Waals surface area contributed by atoms with Crippen LogP contribution in [0.2, 0.25) is 0 Å². The maximum atomic E-state index is 12.0. The zero-order chi connectivity index (χ0) is 13.0. The van der Waals surface area contributed by atoms with E-state index in [0.717, 1.165) is 17.9 Å².